The molecule has 2 aromatic heterocycles. The van der Waals surface area contributed by atoms with Gasteiger partial charge in [0.1, 0.15) is 23.6 Å². The van der Waals surface area contributed by atoms with Crippen LogP contribution in [0.3, 0.4) is 0 Å². The van der Waals surface area contributed by atoms with Gasteiger partial charge in [-0.15, -0.1) is 11.8 Å². The summed E-state index contributed by atoms with van der Waals surface area (Å²) >= 11 is 1.14. The Balaban J connectivity index is 1.10. The third-order valence-electron chi connectivity index (χ3n) is 8.48. The maximum Gasteiger partial charge on any atom is 0.321 e. The molecule has 2 aliphatic rings. The van der Waals surface area contributed by atoms with Gasteiger partial charge in [-0.2, -0.15) is 15.2 Å². The van der Waals surface area contributed by atoms with E-state index in [0.29, 0.717) is 43.0 Å². The van der Waals surface area contributed by atoms with Crippen molar-refractivity contribution in [3.63, 3.8) is 0 Å². The minimum absolute atomic E-state index is 0.0853. The fourth-order valence-electron chi connectivity index (χ4n) is 5.66. The molecular formula is C32H41N9O5S. The second-order valence-corrected chi connectivity index (χ2v) is 13.1. The maximum absolute atomic E-state index is 12.7. The van der Waals surface area contributed by atoms with E-state index < -0.39 is 17.3 Å². The summed E-state index contributed by atoms with van der Waals surface area (Å²) in [4.78, 5) is 50.9. The number of carbonyl (C=O) groups excluding carboxylic acids is 2. The first kappa shape index (κ1) is 34.1. The second-order valence-electron chi connectivity index (χ2n) is 11.8. The Morgan fingerprint density at radius 1 is 1.11 bits per heavy atom. The molecule has 250 valence electrons. The summed E-state index contributed by atoms with van der Waals surface area (Å²) in [6, 6.07) is 11.4. The van der Waals surface area contributed by atoms with E-state index in [9.17, 15) is 19.6 Å². The Bertz CT molecular complexity index is 1630. The molecular weight excluding hydrogens is 622 g/mol. The Morgan fingerprint density at radius 2 is 1.79 bits per heavy atom. The summed E-state index contributed by atoms with van der Waals surface area (Å²) in [7, 11) is 0. The molecule has 2 amide bonds. The highest BCUT2D eigenvalue weighted by Gasteiger charge is 2.39. The number of amides is 2. The van der Waals surface area contributed by atoms with Crippen LogP contribution in [0, 0.1) is 11.3 Å². The number of piperazine rings is 1. The molecule has 2 atom stereocenters. The number of rotatable bonds is 15. The topological polar surface area (TPSA) is 197 Å². The number of likely N-dealkylation sites (tertiary alicyclic amines) is 1. The van der Waals surface area contributed by atoms with Gasteiger partial charge in [-0.05, 0) is 23.6 Å². The lowest BCUT2D eigenvalue weighted by Gasteiger charge is -2.35. The number of unbranched alkanes of at least 4 members (excludes halogenated alkanes) is 1. The lowest BCUT2D eigenvalue weighted by atomic mass is 10.1. The van der Waals surface area contributed by atoms with Crippen LogP contribution in [0.1, 0.15) is 43.0 Å². The standard InChI is InChI=1S/C32H41N9O5S/c1-2-3-14-46-32-36-28(35)24-15-23(17-33)41(29(24)37-32)19-22-6-4-21(5-7-22)18-39-10-8-38(9-11-39)12-13-40-27(42)16-26(30(40)43)47-20-25(34)31(44)45/h4-7,15,25-26H,2-3,8-14,16,18-20,34H2,1H3,(H,44,45)(H2,35,36,37)/t25-,26?/m0/s1. The van der Waals surface area contributed by atoms with Crippen molar-refractivity contribution in [1.29, 1.82) is 5.26 Å². The summed E-state index contributed by atoms with van der Waals surface area (Å²) in [5.74, 6) is -1.22. The number of thioether (sulfide) groups is 1. The van der Waals surface area contributed by atoms with Crippen molar-refractivity contribution in [3.8, 4) is 12.1 Å². The third-order valence-corrected chi connectivity index (χ3v) is 9.80. The van der Waals surface area contributed by atoms with Crippen LogP contribution in [0.25, 0.3) is 11.0 Å². The number of hydrogen-bond acceptors (Lipinski definition) is 12. The summed E-state index contributed by atoms with van der Waals surface area (Å²) < 4.78 is 7.53. The molecule has 3 aromatic rings. The molecule has 0 spiro atoms. The number of anilines is 1. The number of hydrogen-bond donors (Lipinski definition) is 3. The molecule has 4 heterocycles. The number of carbonyl (C=O) groups is 3. The molecule has 2 aliphatic heterocycles. The van der Waals surface area contributed by atoms with E-state index in [1.54, 1.807) is 6.07 Å². The van der Waals surface area contributed by atoms with Crippen LogP contribution in [0.2, 0.25) is 0 Å². The van der Waals surface area contributed by atoms with Gasteiger partial charge in [0, 0.05) is 58.0 Å². The minimum Gasteiger partial charge on any atom is -0.480 e. The molecule has 5 N–H and O–H groups in total. The predicted molar refractivity (Wildman–Crippen MR) is 178 cm³/mol. The van der Waals surface area contributed by atoms with E-state index in [2.05, 4.69) is 57.0 Å². The number of nitrogens with zero attached hydrogens (tertiary/aromatic N) is 7. The van der Waals surface area contributed by atoms with E-state index in [1.165, 1.54) is 10.5 Å². The van der Waals surface area contributed by atoms with Gasteiger partial charge in [-0.1, -0.05) is 37.6 Å². The van der Waals surface area contributed by atoms with Crippen molar-refractivity contribution >= 4 is 46.4 Å². The van der Waals surface area contributed by atoms with Crippen LogP contribution in [-0.4, -0.2) is 115 Å². The Hall–Kier alpha value is -4.23. The molecule has 0 bridgehead atoms. The lowest BCUT2D eigenvalue weighted by molar-refractivity contribution is -0.139. The van der Waals surface area contributed by atoms with Gasteiger partial charge >= 0.3 is 12.0 Å². The molecule has 2 saturated heterocycles. The van der Waals surface area contributed by atoms with Crippen LogP contribution >= 0.6 is 11.8 Å². The number of imide groups is 1. The lowest BCUT2D eigenvalue weighted by Crippen LogP contribution is -2.48. The highest BCUT2D eigenvalue weighted by atomic mass is 32.2. The fourth-order valence-corrected chi connectivity index (χ4v) is 6.78. The first-order valence-electron chi connectivity index (χ1n) is 15.8. The van der Waals surface area contributed by atoms with E-state index in [-0.39, 0.29) is 35.8 Å². The molecule has 2 fully saturated rings. The van der Waals surface area contributed by atoms with Gasteiger partial charge in [0.05, 0.1) is 23.8 Å². The van der Waals surface area contributed by atoms with Gasteiger partial charge in [-0.3, -0.25) is 29.1 Å². The van der Waals surface area contributed by atoms with Crippen molar-refractivity contribution in [2.24, 2.45) is 5.73 Å². The van der Waals surface area contributed by atoms with Crippen molar-refractivity contribution in [2.45, 2.75) is 50.6 Å². The predicted octanol–water partition coefficient (Wildman–Crippen LogP) is 1.50. The zero-order valence-electron chi connectivity index (χ0n) is 26.5. The molecule has 0 saturated carbocycles. The molecule has 0 radical (unpaired) electrons. The molecule has 1 unspecified atom stereocenters. The van der Waals surface area contributed by atoms with Crippen molar-refractivity contribution in [3.05, 3.63) is 47.2 Å². The summed E-state index contributed by atoms with van der Waals surface area (Å²) in [5, 5.41) is 18.8. The number of nitriles is 1. The van der Waals surface area contributed by atoms with Crippen molar-refractivity contribution in [2.75, 3.05) is 57.4 Å². The van der Waals surface area contributed by atoms with Crippen LogP contribution < -0.4 is 16.2 Å². The Kier molecular flexibility index (Phi) is 11.3. The average molecular weight is 664 g/mol. The SMILES string of the molecule is CCCCOc1nc(N)c2cc(C#N)n(Cc3ccc(CN4CCN(CCN5C(=O)CC(SC[C@H](N)C(=O)O)C5=O)CC4)cc3)c2n1. The zero-order chi connectivity index (χ0) is 33.5. The fraction of sp³-hybridized carbons (Fsp3) is 0.500. The van der Waals surface area contributed by atoms with Crippen LogP contribution in [-0.2, 0) is 27.5 Å². The smallest absolute Gasteiger partial charge is 0.321 e. The average Bonchev–Trinajstić information content (AvgIpc) is 3.55. The van der Waals surface area contributed by atoms with Crippen LogP contribution in [0.4, 0.5) is 5.82 Å². The number of carboxylic acids is 1. The number of aliphatic carboxylic acids is 1. The highest BCUT2D eigenvalue weighted by Crippen LogP contribution is 2.27. The molecule has 47 heavy (non-hydrogen) atoms. The molecule has 14 nitrogen and oxygen atoms in total. The quantitative estimate of drug-likeness (QED) is 0.156. The first-order valence-corrected chi connectivity index (χ1v) is 16.9. The number of nitrogens with two attached hydrogens (primary N) is 2. The number of benzene rings is 1. The number of ether oxygens (including phenoxy) is 1. The summed E-state index contributed by atoms with van der Waals surface area (Å²) in [6.45, 7) is 8.14. The van der Waals surface area contributed by atoms with Gasteiger partial charge in [-0.25, -0.2) is 0 Å². The van der Waals surface area contributed by atoms with Gasteiger partial charge < -0.3 is 25.9 Å². The first-order chi connectivity index (χ1) is 22.7. The maximum atomic E-state index is 12.7. The Labute approximate surface area is 277 Å². The third kappa shape index (κ3) is 8.38. The molecule has 15 heteroatoms. The largest absolute Gasteiger partial charge is 0.480 e. The van der Waals surface area contributed by atoms with Gasteiger partial charge in [0.25, 0.3) is 0 Å². The van der Waals surface area contributed by atoms with Gasteiger partial charge in [0.2, 0.25) is 11.8 Å². The summed E-state index contributed by atoms with van der Waals surface area (Å²) in [5.41, 5.74) is 15.0. The van der Waals surface area contributed by atoms with Crippen molar-refractivity contribution in [1.82, 2.24) is 29.2 Å². The number of aromatic nitrogens is 3. The molecule has 5 rings (SSSR count). The Morgan fingerprint density at radius 3 is 2.45 bits per heavy atom. The normalized spacial score (nSPS) is 18.1. The monoisotopic (exact) mass is 663 g/mol. The number of carboxylic acid groups (broad SMARTS) is 1. The van der Waals surface area contributed by atoms with Crippen LogP contribution in [0.5, 0.6) is 6.01 Å². The van der Waals surface area contributed by atoms with E-state index >= 15 is 0 Å². The van der Waals surface area contributed by atoms with Crippen molar-refractivity contribution < 1.29 is 24.2 Å². The van der Waals surface area contributed by atoms with E-state index in [4.69, 9.17) is 21.3 Å². The molecule has 0 aliphatic carbocycles. The van der Waals surface area contributed by atoms with Gasteiger partial charge in [0.15, 0.2) is 5.65 Å². The molecule has 1 aromatic carbocycles. The number of fused-ring (bicyclic) bond motifs is 1. The highest BCUT2D eigenvalue weighted by molar-refractivity contribution is 8.00. The van der Waals surface area contributed by atoms with E-state index in [1.807, 2.05) is 4.57 Å². The minimum atomic E-state index is -1.12. The summed E-state index contributed by atoms with van der Waals surface area (Å²) in [6.07, 6.45) is 1.95. The number of nitrogen functional groups attached to an aromatic ring is 1. The van der Waals surface area contributed by atoms with Crippen LogP contribution in [0.15, 0.2) is 30.3 Å². The zero-order valence-corrected chi connectivity index (χ0v) is 27.3. The van der Waals surface area contributed by atoms with E-state index in [0.717, 1.165) is 62.9 Å². The second kappa shape index (κ2) is 15.6.